The molecule has 1 fully saturated rings. The van der Waals surface area contributed by atoms with Crippen molar-refractivity contribution in [1.29, 1.82) is 0 Å². The minimum Gasteiger partial charge on any atom is -0.384 e. The number of nitrogens with zero attached hydrogens (tertiary/aromatic N) is 2. The lowest BCUT2D eigenvalue weighted by molar-refractivity contribution is -0.0731. The van der Waals surface area contributed by atoms with Crippen LogP contribution in [-0.4, -0.2) is 54.2 Å². The number of amides is 1. The fourth-order valence-electron chi connectivity index (χ4n) is 3.16. The fourth-order valence-corrected chi connectivity index (χ4v) is 3.16. The molecule has 2 aromatic carbocycles. The molecule has 12 heteroatoms. The van der Waals surface area contributed by atoms with Gasteiger partial charge in [-0.3, -0.25) is 15.1 Å². The van der Waals surface area contributed by atoms with Crippen molar-refractivity contribution < 1.29 is 27.9 Å². The van der Waals surface area contributed by atoms with Gasteiger partial charge in [0.1, 0.15) is 11.4 Å². The zero-order chi connectivity index (χ0) is 23.5. The van der Waals surface area contributed by atoms with Crippen LogP contribution in [-0.2, 0) is 4.84 Å². The van der Waals surface area contributed by atoms with Crippen LogP contribution >= 0.6 is 0 Å². The Hall–Kier alpha value is -3.35. The topological polar surface area (TPSA) is 124 Å². The summed E-state index contributed by atoms with van der Waals surface area (Å²) in [6.07, 6.45) is 0. The highest BCUT2D eigenvalue weighted by atomic mass is 19.2. The molecule has 3 rings (SSSR count). The lowest BCUT2D eigenvalue weighted by atomic mass is 9.93. The normalized spacial score (nSPS) is 15.3. The Balaban J connectivity index is 1.76. The number of nitrogens with one attached hydrogen (secondary N) is 3. The van der Waals surface area contributed by atoms with E-state index in [2.05, 4.69) is 26.2 Å². The number of hydrogen-bond donors (Lipinski definition) is 5. The Bertz CT molecular complexity index is 1040. The van der Waals surface area contributed by atoms with E-state index in [1.54, 1.807) is 13.0 Å². The van der Waals surface area contributed by atoms with Crippen LogP contribution in [0.3, 0.4) is 0 Å². The summed E-state index contributed by atoms with van der Waals surface area (Å²) < 4.78 is 42.6. The van der Waals surface area contributed by atoms with Crippen molar-refractivity contribution in [1.82, 2.24) is 15.9 Å². The van der Waals surface area contributed by atoms with Crippen molar-refractivity contribution in [3.63, 3.8) is 0 Å². The second-order valence-electron chi connectivity index (χ2n) is 7.41. The number of hydrazine groups is 1. The lowest BCUT2D eigenvalue weighted by Gasteiger charge is -2.45. The number of β-amino-alcohol motifs (C(OH)–C–C–N with tert-alkyl or cyclic N) is 1. The molecule has 172 valence electrons. The number of hydrogen-bond acceptors (Lipinski definition) is 6. The summed E-state index contributed by atoms with van der Waals surface area (Å²) in [6, 6.07) is 6.08. The molecule has 32 heavy (non-hydrogen) atoms. The molecule has 9 nitrogen and oxygen atoms in total. The molecular weight excluding hydrogens is 429 g/mol. The van der Waals surface area contributed by atoms with Crippen LogP contribution in [0.1, 0.15) is 15.9 Å². The smallest absolute Gasteiger partial charge is 0.256 e. The Morgan fingerprint density at radius 1 is 1.25 bits per heavy atom. The van der Waals surface area contributed by atoms with Gasteiger partial charge in [-0.25, -0.2) is 18.2 Å². The molecule has 0 saturated carbocycles. The van der Waals surface area contributed by atoms with Crippen molar-refractivity contribution in [2.75, 3.05) is 32.1 Å². The van der Waals surface area contributed by atoms with Gasteiger partial charge in [-0.1, -0.05) is 6.07 Å². The highest BCUT2D eigenvalue weighted by Crippen LogP contribution is 2.31. The van der Waals surface area contributed by atoms with Crippen LogP contribution < -0.4 is 22.1 Å². The van der Waals surface area contributed by atoms with E-state index in [1.807, 2.05) is 0 Å². The Kier molecular flexibility index (Phi) is 6.87. The van der Waals surface area contributed by atoms with Crippen molar-refractivity contribution in [3.05, 3.63) is 58.9 Å². The first-order valence-electron chi connectivity index (χ1n) is 9.50. The number of anilines is 2. The number of guanidine groups is 1. The van der Waals surface area contributed by atoms with E-state index in [1.165, 1.54) is 24.1 Å². The maximum absolute atomic E-state index is 14.5. The largest absolute Gasteiger partial charge is 0.384 e. The average molecular weight is 452 g/mol. The second-order valence-corrected chi connectivity index (χ2v) is 7.41. The lowest BCUT2D eigenvalue weighted by Crippen LogP contribution is -2.65. The van der Waals surface area contributed by atoms with E-state index < -0.39 is 34.6 Å². The third-order valence-corrected chi connectivity index (χ3v) is 4.79. The zero-order valence-electron chi connectivity index (χ0n) is 17.4. The zero-order valence-corrected chi connectivity index (χ0v) is 17.4. The van der Waals surface area contributed by atoms with E-state index in [9.17, 15) is 23.1 Å². The summed E-state index contributed by atoms with van der Waals surface area (Å²) >= 11 is 0. The molecule has 0 bridgehead atoms. The summed E-state index contributed by atoms with van der Waals surface area (Å²) in [6.45, 7) is 1.34. The number of aliphatic hydroxyl groups is 1. The number of carbonyl (C=O) groups is 1. The first-order chi connectivity index (χ1) is 15.1. The number of aryl methyl sites for hydroxylation is 1. The third kappa shape index (κ3) is 5.10. The second kappa shape index (κ2) is 9.42. The predicted octanol–water partition coefficient (Wildman–Crippen LogP) is 1.31. The van der Waals surface area contributed by atoms with Crippen molar-refractivity contribution in [2.24, 2.45) is 10.7 Å². The van der Waals surface area contributed by atoms with E-state index >= 15 is 0 Å². The van der Waals surface area contributed by atoms with E-state index in [0.29, 0.717) is 5.56 Å². The first-order valence-corrected chi connectivity index (χ1v) is 9.50. The molecule has 1 aliphatic heterocycles. The molecule has 0 spiro atoms. The summed E-state index contributed by atoms with van der Waals surface area (Å²) in [5.74, 6) is -3.91. The standard InChI is InChI=1S/C20H23F3N6O3/c1-11-3-6-15(14(22)7-11)26-17-12(4-5-13(21)16(17)23)18(30)29-9-20(31,10-29)8-25-19(24)27-28-32-2/h3-7,26,28,31H,8-10H2,1-2H3,(H3,24,25,27). The van der Waals surface area contributed by atoms with Crippen molar-refractivity contribution in [2.45, 2.75) is 12.5 Å². The average Bonchev–Trinajstić information content (AvgIpc) is 2.73. The summed E-state index contributed by atoms with van der Waals surface area (Å²) in [4.78, 5) is 22.6. The summed E-state index contributed by atoms with van der Waals surface area (Å²) in [5, 5.41) is 13.0. The van der Waals surface area contributed by atoms with Crippen molar-refractivity contribution >= 4 is 23.2 Å². The molecule has 1 heterocycles. The van der Waals surface area contributed by atoms with Gasteiger partial charge in [-0.2, -0.15) is 0 Å². The Labute approximate surface area is 182 Å². The monoisotopic (exact) mass is 452 g/mol. The van der Waals surface area contributed by atoms with Crippen LogP contribution in [0.25, 0.3) is 0 Å². The number of benzene rings is 2. The van der Waals surface area contributed by atoms with E-state index in [-0.39, 0.29) is 36.8 Å². The van der Waals surface area contributed by atoms with Gasteiger partial charge >= 0.3 is 0 Å². The molecule has 0 unspecified atom stereocenters. The van der Waals surface area contributed by atoms with Gasteiger partial charge in [0.2, 0.25) is 5.96 Å². The molecule has 0 radical (unpaired) electrons. The molecule has 2 aromatic rings. The van der Waals surface area contributed by atoms with E-state index in [4.69, 9.17) is 5.73 Å². The molecular formula is C20H23F3N6O3. The molecule has 6 N–H and O–H groups in total. The minimum absolute atomic E-state index is 0.0442. The van der Waals surface area contributed by atoms with Gasteiger partial charge in [0, 0.05) is 0 Å². The SMILES string of the molecule is CONNC(N)=NCC1(O)CN(C(=O)c2ccc(F)c(F)c2Nc2ccc(C)cc2F)C1. The summed E-state index contributed by atoms with van der Waals surface area (Å²) in [5.41, 5.74) is 8.71. The van der Waals surface area contributed by atoms with Gasteiger partial charge < -0.3 is 21.1 Å². The van der Waals surface area contributed by atoms with Gasteiger partial charge in [0.05, 0.1) is 43.7 Å². The highest BCUT2D eigenvalue weighted by Gasteiger charge is 2.44. The maximum atomic E-state index is 14.5. The number of likely N-dealkylation sites (tertiary alicyclic amines) is 1. The fraction of sp³-hybridized carbons (Fsp3) is 0.300. The molecule has 0 aliphatic carbocycles. The van der Waals surface area contributed by atoms with Crippen LogP contribution in [0, 0.1) is 24.4 Å². The number of carbonyl (C=O) groups excluding carboxylic acids is 1. The Morgan fingerprint density at radius 2 is 1.97 bits per heavy atom. The summed E-state index contributed by atoms with van der Waals surface area (Å²) in [7, 11) is 1.36. The molecule has 1 saturated heterocycles. The third-order valence-electron chi connectivity index (χ3n) is 4.79. The van der Waals surface area contributed by atoms with Crippen LogP contribution in [0.4, 0.5) is 24.5 Å². The predicted molar refractivity (Wildman–Crippen MR) is 111 cm³/mol. The first kappa shape index (κ1) is 23.3. The van der Waals surface area contributed by atoms with Gasteiger partial charge in [-0.15, -0.1) is 5.59 Å². The van der Waals surface area contributed by atoms with Crippen LogP contribution in [0.2, 0.25) is 0 Å². The molecule has 0 aromatic heterocycles. The van der Waals surface area contributed by atoms with Crippen LogP contribution in [0.15, 0.2) is 35.3 Å². The quantitative estimate of drug-likeness (QED) is 0.244. The molecule has 0 atom stereocenters. The Morgan fingerprint density at radius 3 is 2.62 bits per heavy atom. The number of rotatable bonds is 7. The van der Waals surface area contributed by atoms with Gasteiger partial charge in [-0.05, 0) is 36.8 Å². The number of nitrogens with two attached hydrogens (primary N) is 1. The van der Waals surface area contributed by atoms with E-state index in [0.717, 1.165) is 12.1 Å². The van der Waals surface area contributed by atoms with Crippen molar-refractivity contribution in [3.8, 4) is 0 Å². The molecule has 1 amide bonds. The highest BCUT2D eigenvalue weighted by molar-refractivity contribution is 6.01. The van der Waals surface area contributed by atoms with Gasteiger partial charge in [0.25, 0.3) is 5.91 Å². The van der Waals surface area contributed by atoms with Crippen LogP contribution in [0.5, 0.6) is 0 Å². The van der Waals surface area contributed by atoms with Gasteiger partial charge in [0.15, 0.2) is 11.6 Å². The number of aliphatic imine (C=N–C) groups is 1. The minimum atomic E-state index is -1.34. The molecule has 1 aliphatic rings. The number of halogens is 3. The maximum Gasteiger partial charge on any atom is 0.256 e.